The minimum atomic E-state index is -0.904. The predicted octanol–water partition coefficient (Wildman–Crippen LogP) is 3.44. The van der Waals surface area contributed by atoms with E-state index in [1.807, 2.05) is 60.8 Å². The average Bonchev–Trinajstić information content (AvgIpc) is 2.89. The molecule has 19 heavy (non-hydrogen) atoms. The van der Waals surface area contributed by atoms with Gasteiger partial charge in [-0.3, -0.25) is 0 Å². The molecule has 2 rings (SSSR count). The van der Waals surface area contributed by atoms with Crippen molar-refractivity contribution in [3.63, 3.8) is 0 Å². The maximum atomic E-state index is 11.3. The average molecular weight is 273 g/mol. The molecule has 0 fully saturated rings. The highest BCUT2D eigenvalue weighted by Gasteiger charge is 2.11. The monoisotopic (exact) mass is 273 g/mol. The summed E-state index contributed by atoms with van der Waals surface area (Å²) in [6, 6.07) is 11.5. The van der Waals surface area contributed by atoms with Crippen LogP contribution in [0.4, 0.5) is 5.69 Å². The van der Waals surface area contributed by atoms with Gasteiger partial charge in [-0.15, -0.1) is 11.3 Å². The highest BCUT2D eigenvalue weighted by Crippen LogP contribution is 2.24. The number of aliphatic carboxylic acids is 1. The van der Waals surface area contributed by atoms with Gasteiger partial charge < -0.3 is 10.0 Å². The van der Waals surface area contributed by atoms with Crippen LogP contribution in [-0.4, -0.2) is 25.2 Å². The highest BCUT2D eigenvalue weighted by atomic mass is 32.1. The Balaban J connectivity index is 2.34. The second-order valence-electron chi connectivity index (χ2n) is 4.33. The van der Waals surface area contributed by atoms with Crippen molar-refractivity contribution in [2.24, 2.45) is 0 Å². The number of benzene rings is 1. The molecule has 0 bridgehead atoms. The van der Waals surface area contributed by atoms with Gasteiger partial charge >= 0.3 is 5.97 Å². The van der Waals surface area contributed by atoms with Crippen LogP contribution in [0.25, 0.3) is 11.6 Å². The van der Waals surface area contributed by atoms with Crippen molar-refractivity contribution in [1.82, 2.24) is 0 Å². The van der Waals surface area contributed by atoms with Crippen molar-refractivity contribution in [3.8, 4) is 0 Å². The largest absolute Gasteiger partial charge is 0.478 e. The molecule has 1 aromatic carbocycles. The molecule has 0 radical (unpaired) electrons. The van der Waals surface area contributed by atoms with Gasteiger partial charge in [0.1, 0.15) is 0 Å². The van der Waals surface area contributed by atoms with Gasteiger partial charge in [0.2, 0.25) is 0 Å². The minimum absolute atomic E-state index is 0.326. The molecular formula is C15H15NO2S. The number of anilines is 1. The number of hydrogen-bond acceptors (Lipinski definition) is 3. The molecule has 0 aliphatic heterocycles. The van der Waals surface area contributed by atoms with E-state index in [1.54, 1.807) is 6.08 Å². The molecule has 0 saturated carbocycles. The summed E-state index contributed by atoms with van der Waals surface area (Å²) in [4.78, 5) is 14.1. The summed E-state index contributed by atoms with van der Waals surface area (Å²) in [5.74, 6) is -0.904. The Kier molecular flexibility index (Phi) is 4.02. The van der Waals surface area contributed by atoms with E-state index in [1.165, 1.54) is 11.3 Å². The van der Waals surface area contributed by atoms with E-state index >= 15 is 0 Å². The van der Waals surface area contributed by atoms with Crippen LogP contribution in [0.5, 0.6) is 0 Å². The van der Waals surface area contributed by atoms with E-state index in [-0.39, 0.29) is 0 Å². The lowest BCUT2D eigenvalue weighted by Crippen LogP contribution is -2.07. The van der Waals surface area contributed by atoms with Gasteiger partial charge in [0.15, 0.2) is 0 Å². The summed E-state index contributed by atoms with van der Waals surface area (Å²) in [5.41, 5.74) is 2.30. The zero-order chi connectivity index (χ0) is 13.8. The summed E-state index contributed by atoms with van der Waals surface area (Å²) in [5, 5.41) is 11.2. The molecule has 2 aromatic rings. The zero-order valence-electron chi connectivity index (χ0n) is 10.8. The van der Waals surface area contributed by atoms with Gasteiger partial charge in [-0.05, 0) is 35.2 Å². The number of carboxylic acid groups (broad SMARTS) is 1. The van der Waals surface area contributed by atoms with Gasteiger partial charge in [-0.1, -0.05) is 18.2 Å². The maximum Gasteiger partial charge on any atom is 0.337 e. The number of thiophene rings is 1. The summed E-state index contributed by atoms with van der Waals surface area (Å²) in [7, 11) is 3.94. The van der Waals surface area contributed by atoms with Crippen LogP contribution >= 0.6 is 11.3 Å². The van der Waals surface area contributed by atoms with Gasteiger partial charge in [-0.25, -0.2) is 4.79 Å². The Bertz CT molecular complexity index is 583. The number of carboxylic acids is 1. The van der Waals surface area contributed by atoms with Crippen molar-refractivity contribution >= 4 is 34.6 Å². The third kappa shape index (κ3) is 3.23. The molecule has 0 aliphatic rings. The van der Waals surface area contributed by atoms with E-state index in [0.29, 0.717) is 5.57 Å². The van der Waals surface area contributed by atoms with Crippen LogP contribution < -0.4 is 4.90 Å². The lowest BCUT2D eigenvalue weighted by atomic mass is 10.1. The molecule has 4 heteroatoms. The Labute approximate surface area is 116 Å². The maximum absolute atomic E-state index is 11.3. The van der Waals surface area contributed by atoms with Crippen molar-refractivity contribution in [1.29, 1.82) is 0 Å². The van der Waals surface area contributed by atoms with Gasteiger partial charge in [0.25, 0.3) is 0 Å². The molecule has 98 valence electrons. The van der Waals surface area contributed by atoms with E-state index in [2.05, 4.69) is 0 Å². The fraction of sp³-hybridized carbons (Fsp3) is 0.133. The highest BCUT2D eigenvalue weighted by molar-refractivity contribution is 7.11. The molecule has 3 nitrogen and oxygen atoms in total. The molecular weight excluding hydrogens is 258 g/mol. The molecule has 1 heterocycles. The Hall–Kier alpha value is -2.07. The predicted molar refractivity (Wildman–Crippen MR) is 80.6 cm³/mol. The lowest BCUT2D eigenvalue weighted by molar-refractivity contribution is -0.130. The molecule has 0 atom stereocenters. The molecule has 0 amide bonds. The number of hydrogen-bond donors (Lipinski definition) is 1. The summed E-state index contributed by atoms with van der Waals surface area (Å²) in [6.07, 6.45) is 1.70. The fourth-order valence-corrected chi connectivity index (χ4v) is 2.44. The normalized spacial score (nSPS) is 11.4. The Morgan fingerprint density at radius 3 is 2.37 bits per heavy atom. The van der Waals surface area contributed by atoms with Crippen LogP contribution in [0, 0.1) is 0 Å². The SMILES string of the molecule is CN(C)c1ccc(/C=C(\C(=O)O)c2cccs2)cc1. The smallest absolute Gasteiger partial charge is 0.337 e. The zero-order valence-corrected chi connectivity index (χ0v) is 11.6. The van der Waals surface area contributed by atoms with E-state index in [0.717, 1.165) is 16.1 Å². The van der Waals surface area contributed by atoms with Crippen molar-refractivity contribution in [2.75, 3.05) is 19.0 Å². The number of nitrogens with zero attached hydrogens (tertiary/aromatic N) is 1. The number of carbonyl (C=O) groups is 1. The van der Waals surface area contributed by atoms with Crippen molar-refractivity contribution < 1.29 is 9.90 Å². The van der Waals surface area contributed by atoms with Gasteiger partial charge in [0.05, 0.1) is 5.57 Å². The topological polar surface area (TPSA) is 40.5 Å². The fourth-order valence-electron chi connectivity index (χ4n) is 1.71. The van der Waals surface area contributed by atoms with Crippen LogP contribution in [-0.2, 0) is 4.79 Å². The van der Waals surface area contributed by atoms with E-state index in [4.69, 9.17) is 0 Å². The molecule has 0 unspecified atom stereocenters. The second-order valence-corrected chi connectivity index (χ2v) is 5.27. The van der Waals surface area contributed by atoms with Crippen LogP contribution in [0.1, 0.15) is 10.4 Å². The Morgan fingerprint density at radius 2 is 1.89 bits per heavy atom. The number of rotatable bonds is 4. The third-order valence-corrected chi connectivity index (χ3v) is 3.64. The van der Waals surface area contributed by atoms with E-state index < -0.39 is 5.97 Å². The minimum Gasteiger partial charge on any atom is -0.478 e. The molecule has 0 aliphatic carbocycles. The lowest BCUT2D eigenvalue weighted by Gasteiger charge is -2.12. The summed E-state index contributed by atoms with van der Waals surface area (Å²) >= 11 is 1.43. The molecule has 1 N–H and O–H groups in total. The van der Waals surface area contributed by atoms with Crippen LogP contribution in [0.15, 0.2) is 41.8 Å². The van der Waals surface area contributed by atoms with Gasteiger partial charge in [-0.2, -0.15) is 0 Å². The second kappa shape index (κ2) is 5.71. The van der Waals surface area contributed by atoms with Crippen molar-refractivity contribution in [3.05, 3.63) is 52.2 Å². The summed E-state index contributed by atoms with van der Waals surface area (Å²) < 4.78 is 0. The first kappa shape index (κ1) is 13.4. The van der Waals surface area contributed by atoms with E-state index in [9.17, 15) is 9.90 Å². The van der Waals surface area contributed by atoms with Gasteiger partial charge in [0, 0.05) is 24.7 Å². The van der Waals surface area contributed by atoms with Crippen LogP contribution in [0.2, 0.25) is 0 Å². The third-order valence-electron chi connectivity index (χ3n) is 2.74. The molecule has 0 spiro atoms. The summed E-state index contributed by atoms with van der Waals surface area (Å²) in [6.45, 7) is 0. The molecule has 0 saturated heterocycles. The first-order valence-corrected chi connectivity index (χ1v) is 6.72. The van der Waals surface area contributed by atoms with Crippen molar-refractivity contribution in [2.45, 2.75) is 0 Å². The first-order chi connectivity index (χ1) is 9.08. The quantitative estimate of drug-likeness (QED) is 0.867. The standard InChI is InChI=1S/C15H15NO2S/c1-16(2)12-7-5-11(6-8-12)10-13(15(17)18)14-4-3-9-19-14/h3-10H,1-2H3,(H,17,18)/b13-10-. The van der Waals surface area contributed by atoms with Crippen LogP contribution in [0.3, 0.4) is 0 Å². The Morgan fingerprint density at radius 1 is 1.21 bits per heavy atom. The first-order valence-electron chi connectivity index (χ1n) is 5.84. The molecule has 1 aromatic heterocycles.